The van der Waals surface area contributed by atoms with Crippen LogP contribution in [-0.4, -0.2) is 15.4 Å². The quantitative estimate of drug-likeness (QED) is 0.410. The summed E-state index contributed by atoms with van der Waals surface area (Å²) in [6.45, 7) is 2.06. The van der Waals surface area contributed by atoms with Gasteiger partial charge in [-0.15, -0.1) is 37.7 Å². The third kappa shape index (κ3) is 22.6. The van der Waals surface area contributed by atoms with Crippen molar-refractivity contribution >= 4 is 40.2 Å². The van der Waals surface area contributed by atoms with E-state index in [0.29, 0.717) is 15.4 Å². The van der Waals surface area contributed by atoms with Crippen molar-refractivity contribution in [3.63, 3.8) is 0 Å². The van der Waals surface area contributed by atoms with Crippen LogP contribution in [0.5, 0.6) is 0 Å². The molecule has 0 aromatic carbocycles. The van der Waals surface area contributed by atoms with Gasteiger partial charge in [-0.3, -0.25) is 12.2 Å². The first-order valence-corrected chi connectivity index (χ1v) is 9.85. The van der Waals surface area contributed by atoms with Crippen LogP contribution in [0.2, 0.25) is 11.5 Å². The van der Waals surface area contributed by atoms with Crippen LogP contribution in [0.1, 0.15) is 19.8 Å². The van der Waals surface area contributed by atoms with E-state index in [-0.39, 0.29) is 51.0 Å². The van der Waals surface area contributed by atoms with E-state index in [1.807, 2.05) is 12.2 Å². The van der Waals surface area contributed by atoms with Gasteiger partial charge in [-0.1, -0.05) is 6.92 Å². The molecule has 0 fully saturated rings. The molecule has 95 valence electrons. The summed E-state index contributed by atoms with van der Waals surface area (Å²) in [6, 6.07) is 0. The van der Waals surface area contributed by atoms with Crippen molar-refractivity contribution < 1.29 is 26.2 Å². The monoisotopic (exact) mass is 411 g/mol. The molecule has 0 saturated heterocycles. The van der Waals surface area contributed by atoms with Crippen LogP contribution in [0.25, 0.3) is 0 Å². The number of rotatable bonds is 0. The molecule has 0 saturated carbocycles. The summed E-state index contributed by atoms with van der Waals surface area (Å²) in [5.41, 5.74) is 1.27. The van der Waals surface area contributed by atoms with E-state index >= 15 is 0 Å². The maximum Gasteiger partial charge on any atom is 2.00 e. The van der Waals surface area contributed by atoms with Crippen LogP contribution in [-0.2, 0) is 26.2 Å². The van der Waals surface area contributed by atoms with E-state index in [1.165, 1.54) is 5.57 Å². The first kappa shape index (κ1) is 26.5. The van der Waals surface area contributed by atoms with Gasteiger partial charge in [0, 0.05) is 0 Å². The van der Waals surface area contributed by atoms with Gasteiger partial charge in [0.25, 0.3) is 0 Å². The molecule has 0 atom stereocenters. The van der Waals surface area contributed by atoms with E-state index in [9.17, 15) is 0 Å². The zero-order chi connectivity index (χ0) is 10.6. The van der Waals surface area contributed by atoms with Gasteiger partial charge in [0.15, 0.2) is 0 Å². The molecule has 0 N–H and O–H groups in total. The molecule has 0 aliphatic heterocycles. The molecule has 0 nitrogen and oxygen atoms in total. The van der Waals surface area contributed by atoms with Crippen LogP contribution in [0.15, 0.2) is 36.0 Å². The number of hydrogen-bond acceptors (Lipinski definition) is 0. The molecule has 0 spiro atoms. The summed E-state index contributed by atoms with van der Waals surface area (Å²) >= 11 is 0.312. The normalized spacial score (nSPS) is 12.8. The summed E-state index contributed by atoms with van der Waals surface area (Å²) in [7, 11) is 0. The SMILES string of the molecule is CC1=[C-]CC=C1.Cl.Cl.[C-]1=CC=CC1.[CH3][GeH][CH3].[Zr+2]. The van der Waals surface area contributed by atoms with Gasteiger partial charge < -0.3 is 0 Å². The average molecular weight is 412 g/mol. The second-order valence-corrected chi connectivity index (χ2v) is 5.47. The first-order valence-electron chi connectivity index (χ1n) is 5.01. The Kier molecular flexibility index (Phi) is 34.6. The number of halogens is 2. The summed E-state index contributed by atoms with van der Waals surface area (Å²) in [5.74, 6) is 4.56. The van der Waals surface area contributed by atoms with E-state index in [1.54, 1.807) is 0 Å². The number of allylic oxidation sites excluding steroid dienone is 8. The Hall–Kier alpha value is 0.966. The smallest absolute Gasteiger partial charge is 2.00 e. The van der Waals surface area contributed by atoms with Gasteiger partial charge in [-0.05, 0) is 0 Å². The molecular weight excluding hydrogens is 391 g/mol. The van der Waals surface area contributed by atoms with Crippen molar-refractivity contribution in [2.75, 3.05) is 0 Å². The molecule has 2 aliphatic carbocycles. The van der Waals surface area contributed by atoms with E-state index in [0.717, 1.165) is 12.8 Å². The maximum atomic E-state index is 3.12. The fourth-order valence-electron chi connectivity index (χ4n) is 0.855. The minimum atomic E-state index is 0. The van der Waals surface area contributed by atoms with Gasteiger partial charge >= 0.3 is 53.1 Å². The van der Waals surface area contributed by atoms with Gasteiger partial charge in [0.1, 0.15) is 0 Å². The number of hydrogen-bond donors (Lipinski definition) is 0. The second-order valence-electron chi connectivity index (χ2n) is 3.05. The van der Waals surface area contributed by atoms with Gasteiger partial charge in [0.05, 0.1) is 0 Å². The minimum Gasteiger partial charge on any atom is 2.00 e. The maximum absolute atomic E-state index is 3.12. The summed E-state index contributed by atoms with van der Waals surface area (Å²) < 4.78 is 0. The molecule has 17 heavy (non-hydrogen) atoms. The van der Waals surface area contributed by atoms with Crippen LogP contribution >= 0.6 is 24.8 Å². The second kappa shape index (κ2) is 22.2. The zero-order valence-corrected chi connectivity index (χ0v) is 17.2. The molecule has 0 aromatic heterocycles. The van der Waals surface area contributed by atoms with Crippen molar-refractivity contribution in [3.05, 3.63) is 48.1 Å². The third-order valence-corrected chi connectivity index (χ3v) is 1.45. The Labute approximate surface area is 145 Å². The minimum absolute atomic E-state index is 0. The Morgan fingerprint density at radius 1 is 1.12 bits per heavy atom. The molecule has 0 heterocycles. The summed E-state index contributed by atoms with van der Waals surface area (Å²) in [4.78, 5) is 0. The largest absolute Gasteiger partial charge is 2.00 e. The molecule has 0 unspecified atom stereocenters. The zero-order valence-electron chi connectivity index (χ0n) is 10.7. The molecular formula is C13H21Cl2GeZr. The van der Waals surface area contributed by atoms with Crippen molar-refractivity contribution in [2.24, 2.45) is 0 Å². The molecule has 4 heteroatoms. The molecule has 0 bridgehead atoms. The molecule has 0 amide bonds. The standard InChI is InChI=1S/C6H7.C5H5.C2H7Ge.2ClH.Zr/c1-6-4-2-3-5-6;1-2-4-5-3-1;1-3-2;;;/h2,4H,3H2,1H3;1-3H,4H2;3H,1-2H3;2*1H;/q2*-1;;;;+2. The van der Waals surface area contributed by atoms with E-state index in [2.05, 4.69) is 48.8 Å². The van der Waals surface area contributed by atoms with Gasteiger partial charge in [0.2, 0.25) is 0 Å². The molecule has 0 aromatic rings. The molecule has 1 radical (unpaired) electrons. The Morgan fingerprint density at radius 3 is 1.82 bits per heavy atom. The van der Waals surface area contributed by atoms with Crippen molar-refractivity contribution in [2.45, 2.75) is 31.3 Å². The summed E-state index contributed by atoms with van der Waals surface area (Å²) in [5, 5.41) is 0. The average Bonchev–Trinajstić information content (AvgIpc) is 2.78. The van der Waals surface area contributed by atoms with Gasteiger partial charge in [-0.25, -0.2) is 23.8 Å². The Bertz CT molecular complexity index is 233. The fourth-order valence-corrected chi connectivity index (χ4v) is 0.855. The predicted octanol–water partition coefficient (Wildman–Crippen LogP) is 4.36. The van der Waals surface area contributed by atoms with E-state index in [4.69, 9.17) is 0 Å². The van der Waals surface area contributed by atoms with Crippen molar-refractivity contribution in [3.8, 4) is 0 Å². The third-order valence-electron chi connectivity index (χ3n) is 1.45. The first-order chi connectivity index (χ1) is 6.81. The predicted molar refractivity (Wildman–Crippen MR) is 81.1 cm³/mol. The molecule has 2 aliphatic rings. The topological polar surface area (TPSA) is 0 Å². The van der Waals surface area contributed by atoms with Crippen LogP contribution in [0, 0.1) is 12.2 Å². The molecule has 2 rings (SSSR count). The van der Waals surface area contributed by atoms with Crippen molar-refractivity contribution in [1.82, 2.24) is 0 Å². The fraction of sp³-hybridized carbons (Fsp3) is 0.385. The van der Waals surface area contributed by atoms with Crippen LogP contribution in [0.4, 0.5) is 0 Å². The Morgan fingerprint density at radius 2 is 1.71 bits per heavy atom. The van der Waals surface area contributed by atoms with E-state index < -0.39 is 0 Å². The van der Waals surface area contributed by atoms with Crippen molar-refractivity contribution in [1.29, 1.82) is 0 Å². The van der Waals surface area contributed by atoms with Crippen LogP contribution in [0.3, 0.4) is 0 Å². The van der Waals surface area contributed by atoms with Crippen LogP contribution < -0.4 is 0 Å². The summed E-state index contributed by atoms with van der Waals surface area (Å²) in [6.07, 6.45) is 18.3. The van der Waals surface area contributed by atoms with Gasteiger partial charge in [-0.2, -0.15) is 12.2 Å². The Balaban J connectivity index is -0.0000000718.